The number of aromatic carboxylic acids is 1. The van der Waals surface area contributed by atoms with Crippen LogP contribution in [0.5, 0.6) is 0 Å². The molecule has 3 fully saturated rings. The normalized spacial score (nSPS) is 23.2. The fraction of sp³-hybridized carbons (Fsp3) is 0.304. The van der Waals surface area contributed by atoms with Crippen LogP contribution in [0.1, 0.15) is 46.1 Å². The van der Waals surface area contributed by atoms with Gasteiger partial charge in [0.25, 0.3) is 0 Å². The quantitative estimate of drug-likeness (QED) is 0.675. The van der Waals surface area contributed by atoms with E-state index in [1.807, 2.05) is 24.3 Å². The Morgan fingerprint density at radius 2 is 1.71 bits per heavy atom. The molecule has 1 saturated carbocycles. The first kappa shape index (κ1) is 18.1. The first-order valence-electron chi connectivity index (χ1n) is 10.4. The molecular formula is C23H20N4O4. The van der Waals surface area contributed by atoms with E-state index in [1.165, 1.54) is 11.1 Å². The molecule has 2 aliphatic heterocycles. The Kier molecular flexibility index (Phi) is 3.74. The van der Waals surface area contributed by atoms with Crippen molar-refractivity contribution >= 4 is 12.1 Å². The summed E-state index contributed by atoms with van der Waals surface area (Å²) in [4.78, 5) is 26.3. The van der Waals surface area contributed by atoms with E-state index < -0.39 is 17.6 Å². The van der Waals surface area contributed by atoms with Crippen LogP contribution in [0, 0.1) is 5.92 Å². The van der Waals surface area contributed by atoms with Crippen LogP contribution in [0.3, 0.4) is 0 Å². The summed E-state index contributed by atoms with van der Waals surface area (Å²) in [6, 6.07) is 16.4. The summed E-state index contributed by atoms with van der Waals surface area (Å²) < 4.78 is 5.83. The van der Waals surface area contributed by atoms with Gasteiger partial charge in [0.05, 0.1) is 5.54 Å². The maximum Gasteiger partial charge on any atom is 0.410 e. The number of fused-ring (bicyclic) bond motifs is 4. The van der Waals surface area contributed by atoms with Gasteiger partial charge < -0.3 is 9.84 Å². The number of rotatable bonds is 4. The fourth-order valence-electron chi connectivity index (χ4n) is 5.62. The molecule has 0 atom stereocenters. The van der Waals surface area contributed by atoms with Gasteiger partial charge in [0, 0.05) is 12.5 Å². The Hall–Kier alpha value is -3.68. The van der Waals surface area contributed by atoms with E-state index in [9.17, 15) is 14.7 Å². The number of carboxylic acid groups (broad SMARTS) is 1. The monoisotopic (exact) mass is 416 g/mol. The van der Waals surface area contributed by atoms with Crippen LogP contribution in [0.2, 0.25) is 0 Å². The summed E-state index contributed by atoms with van der Waals surface area (Å²) in [7, 11) is 0. The van der Waals surface area contributed by atoms with Crippen LogP contribution in [-0.2, 0) is 10.3 Å². The number of nitrogens with zero attached hydrogens (tertiary/aromatic N) is 3. The summed E-state index contributed by atoms with van der Waals surface area (Å²) >= 11 is 0. The lowest BCUT2D eigenvalue weighted by Crippen LogP contribution is -2.47. The van der Waals surface area contributed by atoms with Gasteiger partial charge in [-0.15, -0.1) is 5.10 Å². The number of aromatic nitrogens is 3. The molecule has 0 unspecified atom stereocenters. The van der Waals surface area contributed by atoms with E-state index in [4.69, 9.17) is 4.74 Å². The topological polar surface area (TPSA) is 108 Å². The summed E-state index contributed by atoms with van der Waals surface area (Å²) in [6.45, 7) is 0.775. The minimum absolute atomic E-state index is 0.0217. The predicted molar refractivity (Wildman–Crippen MR) is 110 cm³/mol. The first-order valence-corrected chi connectivity index (χ1v) is 10.4. The molecule has 1 amide bonds. The van der Waals surface area contributed by atoms with Crippen LogP contribution in [0.4, 0.5) is 4.79 Å². The van der Waals surface area contributed by atoms with Gasteiger partial charge in [0.1, 0.15) is 12.3 Å². The largest absolute Gasteiger partial charge is 0.476 e. The van der Waals surface area contributed by atoms with E-state index in [1.54, 1.807) is 4.90 Å². The molecular weight excluding hydrogens is 396 g/mol. The number of ether oxygens (including phenoxy) is 1. The zero-order valence-corrected chi connectivity index (χ0v) is 16.6. The van der Waals surface area contributed by atoms with Crippen molar-refractivity contribution in [2.24, 2.45) is 5.92 Å². The smallest absolute Gasteiger partial charge is 0.410 e. The van der Waals surface area contributed by atoms with Crippen molar-refractivity contribution in [3.63, 3.8) is 0 Å². The van der Waals surface area contributed by atoms with Gasteiger partial charge in [-0.2, -0.15) is 10.3 Å². The van der Waals surface area contributed by atoms with Gasteiger partial charge in [0.15, 0.2) is 5.69 Å². The fourth-order valence-corrected chi connectivity index (χ4v) is 5.62. The number of carbonyl (C=O) groups excluding carboxylic acids is 1. The number of H-pyrrole nitrogens is 1. The molecule has 156 valence electrons. The van der Waals surface area contributed by atoms with Gasteiger partial charge >= 0.3 is 12.1 Å². The zero-order chi connectivity index (χ0) is 21.2. The lowest BCUT2D eigenvalue weighted by atomic mass is 9.71. The molecule has 0 radical (unpaired) electrons. The van der Waals surface area contributed by atoms with Crippen LogP contribution >= 0.6 is 0 Å². The summed E-state index contributed by atoms with van der Waals surface area (Å²) in [5.74, 6) is -0.841. The Labute approximate surface area is 177 Å². The number of nitrogens with one attached hydrogen (secondary N) is 1. The number of hydrogen-bond donors (Lipinski definition) is 2. The molecule has 2 aromatic carbocycles. The molecule has 3 heterocycles. The standard InChI is InChI=1S/C23H20N4O4/c28-21(29)19-20(25-26-24-19)23-9-13(10-23)11-27(23)22(30)31-12-18-16-7-3-1-5-14(16)15-6-2-4-8-17(15)18/h1-8,13,18H,9-12H2,(H,28,29)(H,24,25,26). The number of carbonyl (C=O) groups is 2. The number of aromatic amines is 1. The van der Waals surface area contributed by atoms with Gasteiger partial charge in [0.2, 0.25) is 0 Å². The van der Waals surface area contributed by atoms with E-state index in [2.05, 4.69) is 39.7 Å². The van der Waals surface area contributed by atoms with Crippen LogP contribution in [0.25, 0.3) is 11.1 Å². The summed E-state index contributed by atoms with van der Waals surface area (Å²) in [5, 5.41) is 19.7. The highest BCUT2D eigenvalue weighted by Crippen LogP contribution is 2.57. The molecule has 2 bridgehead atoms. The third-order valence-electron chi connectivity index (χ3n) is 6.96. The Morgan fingerprint density at radius 1 is 1.06 bits per heavy atom. The predicted octanol–water partition coefficient (Wildman–Crippen LogP) is 3.37. The molecule has 4 aliphatic rings. The highest BCUT2D eigenvalue weighted by molar-refractivity contribution is 5.87. The maximum absolute atomic E-state index is 13.1. The molecule has 2 N–H and O–H groups in total. The highest BCUT2D eigenvalue weighted by Gasteiger charge is 2.62. The third-order valence-corrected chi connectivity index (χ3v) is 6.96. The van der Waals surface area contributed by atoms with Crippen LogP contribution in [-0.4, -0.2) is 50.6 Å². The van der Waals surface area contributed by atoms with Gasteiger partial charge in [-0.05, 0) is 41.0 Å². The second-order valence-electron chi connectivity index (χ2n) is 8.55. The van der Waals surface area contributed by atoms with Crippen molar-refractivity contribution in [1.29, 1.82) is 0 Å². The molecule has 3 aromatic rings. The molecule has 1 aromatic heterocycles. The number of benzene rings is 2. The molecule has 7 rings (SSSR count). The lowest BCUT2D eigenvalue weighted by Gasteiger charge is -2.40. The van der Waals surface area contributed by atoms with E-state index in [0.717, 1.165) is 11.1 Å². The van der Waals surface area contributed by atoms with E-state index >= 15 is 0 Å². The minimum atomic E-state index is -1.15. The minimum Gasteiger partial charge on any atom is -0.476 e. The van der Waals surface area contributed by atoms with E-state index in [0.29, 0.717) is 31.0 Å². The Bertz CT molecular complexity index is 1170. The first-order chi connectivity index (χ1) is 15.1. The van der Waals surface area contributed by atoms with Crippen molar-refractivity contribution in [3.05, 3.63) is 71.0 Å². The van der Waals surface area contributed by atoms with E-state index in [-0.39, 0.29) is 18.2 Å². The van der Waals surface area contributed by atoms with Crippen molar-refractivity contribution in [2.45, 2.75) is 24.3 Å². The maximum atomic E-state index is 13.1. The third kappa shape index (κ3) is 2.47. The van der Waals surface area contributed by atoms with Crippen molar-refractivity contribution in [1.82, 2.24) is 20.3 Å². The average molecular weight is 416 g/mol. The summed E-state index contributed by atoms with van der Waals surface area (Å²) in [5.41, 5.74) is 4.11. The van der Waals surface area contributed by atoms with Crippen LogP contribution in [0.15, 0.2) is 48.5 Å². The SMILES string of the molecule is O=C(O)c1n[nH]nc1C12CC(CN1C(=O)OCC1c3ccccc3-c3ccccc31)C2. The van der Waals surface area contributed by atoms with Gasteiger partial charge in [-0.3, -0.25) is 4.90 Å². The Balaban J connectivity index is 1.26. The molecule has 8 heteroatoms. The zero-order valence-electron chi connectivity index (χ0n) is 16.6. The molecule has 8 nitrogen and oxygen atoms in total. The number of carboxylic acids is 1. The molecule has 31 heavy (non-hydrogen) atoms. The number of hydrogen-bond acceptors (Lipinski definition) is 5. The van der Waals surface area contributed by atoms with Gasteiger partial charge in [-0.25, -0.2) is 9.59 Å². The van der Waals surface area contributed by atoms with Crippen LogP contribution < -0.4 is 0 Å². The van der Waals surface area contributed by atoms with Crippen molar-refractivity contribution in [2.75, 3.05) is 13.2 Å². The molecule has 2 saturated heterocycles. The lowest BCUT2D eigenvalue weighted by molar-refractivity contribution is 0.0544. The highest BCUT2D eigenvalue weighted by atomic mass is 16.6. The Morgan fingerprint density at radius 3 is 2.35 bits per heavy atom. The second kappa shape index (κ2) is 6.41. The van der Waals surface area contributed by atoms with Crippen molar-refractivity contribution in [3.8, 4) is 11.1 Å². The van der Waals surface area contributed by atoms with Gasteiger partial charge in [-0.1, -0.05) is 48.5 Å². The summed E-state index contributed by atoms with van der Waals surface area (Å²) in [6.07, 6.45) is 0.940. The second-order valence-corrected chi connectivity index (χ2v) is 8.55. The number of amides is 1. The average Bonchev–Trinajstić information content (AvgIpc) is 3.51. The molecule has 0 spiro atoms. The van der Waals surface area contributed by atoms with Crippen molar-refractivity contribution < 1.29 is 19.4 Å². The molecule has 2 aliphatic carbocycles.